The molecule has 1 aromatic carbocycles. The van der Waals surface area contributed by atoms with Gasteiger partial charge in [-0.1, -0.05) is 6.07 Å². The van der Waals surface area contributed by atoms with Crippen LogP contribution in [0.2, 0.25) is 0 Å². The average Bonchev–Trinajstić information content (AvgIpc) is 2.62. The predicted molar refractivity (Wildman–Crippen MR) is 55.5 cm³/mol. The fourth-order valence-electron chi connectivity index (χ4n) is 1.58. The van der Waals surface area contributed by atoms with Gasteiger partial charge in [-0.05, 0) is 37.1 Å². The topological polar surface area (TPSA) is 35.5 Å². The molecule has 1 aliphatic rings. The number of carbonyl (C=O) groups excluding carboxylic acids is 1. The summed E-state index contributed by atoms with van der Waals surface area (Å²) in [6.45, 7) is 4.93. The minimum Gasteiger partial charge on any atom is -0.459 e. The van der Waals surface area contributed by atoms with Gasteiger partial charge in [0, 0.05) is 0 Å². The van der Waals surface area contributed by atoms with Crippen LogP contribution in [0.1, 0.15) is 35.3 Å². The van der Waals surface area contributed by atoms with Gasteiger partial charge in [-0.25, -0.2) is 4.79 Å². The highest BCUT2D eigenvalue weighted by Gasteiger charge is 2.15. The van der Waals surface area contributed by atoms with Crippen LogP contribution in [0.15, 0.2) is 18.2 Å². The standard InChI is InChI=1S/C12H14O3/c1-8(2)15-12(13)9-3-4-10-6-14-7-11(10)5-9/h3-5,8H,6-7H2,1-2H3. The van der Waals surface area contributed by atoms with Gasteiger partial charge in [0.1, 0.15) is 0 Å². The molecule has 0 N–H and O–H groups in total. The van der Waals surface area contributed by atoms with Crippen LogP contribution in [0.4, 0.5) is 0 Å². The van der Waals surface area contributed by atoms with Crippen molar-refractivity contribution in [2.24, 2.45) is 0 Å². The summed E-state index contributed by atoms with van der Waals surface area (Å²) in [5.74, 6) is -0.264. The molecule has 0 bridgehead atoms. The van der Waals surface area contributed by atoms with E-state index < -0.39 is 0 Å². The third-order valence-corrected chi connectivity index (χ3v) is 2.30. The SMILES string of the molecule is CC(C)OC(=O)c1ccc2c(c1)COC2. The molecule has 1 heterocycles. The molecule has 2 rings (SSSR count). The van der Waals surface area contributed by atoms with Gasteiger partial charge in [0.25, 0.3) is 0 Å². The van der Waals surface area contributed by atoms with Crippen LogP contribution in [-0.4, -0.2) is 12.1 Å². The van der Waals surface area contributed by atoms with Gasteiger partial charge >= 0.3 is 5.97 Å². The number of hydrogen-bond acceptors (Lipinski definition) is 3. The molecule has 0 radical (unpaired) electrons. The Morgan fingerprint density at radius 3 is 2.80 bits per heavy atom. The van der Waals surface area contributed by atoms with Gasteiger partial charge in [0.05, 0.1) is 24.9 Å². The van der Waals surface area contributed by atoms with Crippen molar-refractivity contribution in [3.05, 3.63) is 34.9 Å². The fourth-order valence-corrected chi connectivity index (χ4v) is 1.58. The zero-order valence-electron chi connectivity index (χ0n) is 8.95. The van der Waals surface area contributed by atoms with Crippen LogP contribution in [0.25, 0.3) is 0 Å². The maximum absolute atomic E-state index is 11.6. The molecule has 3 heteroatoms. The first-order valence-electron chi connectivity index (χ1n) is 5.07. The molecular formula is C12H14O3. The van der Waals surface area contributed by atoms with Crippen molar-refractivity contribution < 1.29 is 14.3 Å². The molecule has 80 valence electrons. The molecular weight excluding hydrogens is 192 g/mol. The molecule has 0 amide bonds. The second-order valence-corrected chi connectivity index (χ2v) is 3.93. The number of esters is 1. The Morgan fingerprint density at radius 1 is 1.33 bits per heavy atom. The Bertz CT molecular complexity index is 382. The summed E-state index contributed by atoms with van der Waals surface area (Å²) in [5.41, 5.74) is 2.86. The van der Waals surface area contributed by atoms with Crippen molar-refractivity contribution in [1.29, 1.82) is 0 Å². The summed E-state index contributed by atoms with van der Waals surface area (Å²) in [6.07, 6.45) is -0.0815. The normalized spacial score (nSPS) is 14.1. The van der Waals surface area contributed by atoms with Crippen molar-refractivity contribution in [2.75, 3.05) is 0 Å². The summed E-state index contributed by atoms with van der Waals surface area (Å²) in [5, 5.41) is 0. The van der Waals surface area contributed by atoms with Crippen LogP contribution < -0.4 is 0 Å². The molecule has 0 atom stereocenters. The highest BCUT2D eigenvalue weighted by molar-refractivity contribution is 5.89. The van der Waals surface area contributed by atoms with Gasteiger partial charge in [-0.15, -0.1) is 0 Å². The molecule has 0 unspecified atom stereocenters. The maximum atomic E-state index is 11.6. The Balaban J connectivity index is 2.19. The molecule has 0 saturated carbocycles. The number of ether oxygens (including phenoxy) is 2. The van der Waals surface area contributed by atoms with Crippen LogP contribution in [0.3, 0.4) is 0 Å². The van der Waals surface area contributed by atoms with Gasteiger partial charge in [0.15, 0.2) is 0 Å². The molecule has 1 aliphatic heterocycles. The van der Waals surface area contributed by atoms with Gasteiger partial charge in [0.2, 0.25) is 0 Å². The Labute approximate surface area is 89.0 Å². The summed E-state index contributed by atoms with van der Waals surface area (Å²) in [7, 11) is 0. The largest absolute Gasteiger partial charge is 0.459 e. The average molecular weight is 206 g/mol. The minimum absolute atomic E-state index is 0.0815. The third-order valence-electron chi connectivity index (χ3n) is 2.30. The number of benzene rings is 1. The Hall–Kier alpha value is -1.35. The lowest BCUT2D eigenvalue weighted by atomic mass is 10.1. The number of carbonyl (C=O) groups is 1. The first kappa shape index (κ1) is 10.2. The van der Waals surface area contributed by atoms with Gasteiger partial charge in [-0.3, -0.25) is 0 Å². The van der Waals surface area contributed by atoms with E-state index in [0.717, 1.165) is 11.1 Å². The molecule has 0 aliphatic carbocycles. The van der Waals surface area contributed by atoms with Crippen LogP contribution in [0.5, 0.6) is 0 Å². The maximum Gasteiger partial charge on any atom is 0.338 e. The van der Waals surface area contributed by atoms with E-state index in [1.807, 2.05) is 26.0 Å². The molecule has 0 saturated heterocycles. The Kier molecular flexibility index (Phi) is 2.73. The van der Waals surface area contributed by atoms with E-state index in [1.165, 1.54) is 0 Å². The highest BCUT2D eigenvalue weighted by Crippen LogP contribution is 2.21. The molecule has 1 aromatic rings. The second kappa shape index (κ2) is 4.03. The van der Waals surface area contributed by atoms with Crippen molar-refractivity contribution in [3.63, 3.8) is 0 Å². The Morgan fingerprint density at radius 2 is 2.07 bits per heavy atom. The molecule has 15 heavy (non-hydrogen) atoms. The van der Waals surface area contributed by atoms with Gasteiger partial charge < -0.3 is 9.47 Å². The van der Waals surface area contributed by atoms with E-state index in [-0.39, 0.29) is 12.1 Å². The zero-order valence-corrected chi connectivity index (χ0v) is 8.95. The summed E-state index contributed by atoms with van der Waals surface area (Å²) in [6, 6.07) is 5.57. The van der Waals surface area contributed by atoms with E-state index in [0.29, 0.717) is 18.8 Å². The quantitative estimate of drug-likeness (QED) is 0.696. The monoisotopic (exact) mass is 206 g/mol. The van der Waals surface area contributed by atoms with E-state index in [4.69, 9.17) is 9.47 Å². The van der Waals surface area contributed by atoms with E-state index in [2.05, 4.69) is 0 Å². The molecule has 3 nitrogen and oxygen atoms in total. The summed E-state index contributed by atoms with van der Waals surface area (Å²) < 4.78 is 10.4. The summed E-state index contributed by atoms with van der Waals surface area (Å²) >= 11 is 0. The number of hydrogen-bond donors (Lipinski definition) is 0. The lowest BCUT2D eigenvalue weighted by Crippen LogP contribution is -2.11. The predicted octanol–water partition coefficient (Wildman–Crippen LogP) is 2.28. The highest BCUT2D eigenvalue weighted by atomic mass is 16.5. The molecule has 0 spiro atoms. The summed E-state index contributed by atoms with van der Waals surface area (Å²) in [4.78, 5) is 11.6. The van der Waals surface area contributed by atoms with Gasteiger partial charge in [-0.2, -0.15) is 0 Å². The smallest absolute Gasteiger partial charge is 0.338 e. The van der Waals surface area contributed by atoms with E-state index >= 15 is 0 Å². The number of fused-ring (bicyclic) bond motifs is 1. The van der Waals surface area contributed by atoms with Crippen molar-refractivity contribution in [3.8, 4) is 0 Å². The van der Waals surface area contributed by atoms with Crippen LogP contribution in [-0.2, 0) is 22.7 Å². The van der Waals surface area contributed by atoms with Crippen LogP contribution in [0, 0.1) is 0 Å². The molecule has 0 aromatic heterocycles. The van der Waals surface area contributed by atoms with Crippen molar-refractivity contribution >= 4 is 5.97 Å². The van der Waals surface area contributed by atoms with E-state index in [1.54, 1.807) is 6.07 Å². The fraction of sp³-hybridized carbons (Fsp3) is 0.417. The number of rotatable bonds is 2. The lowest BCUT2D eigenvalue weighted by Gasteiger charge is -2.08. The zero-order chi connectivity index (χ0) is 10.8. The van der Waals surface area contributed by atoms with Crippen LogP contribution >= 0.6 is 0 Å². The first-order chi connectivity index (χ1) is 7.16. The molecule has 0 fully saturated rings. The van der Waals surface area contributed by atoms with Crippen molar-refractivity contribution in [1.82, 2.24) is 0 Å². The van der Waals surface area contributed by atoms with Crippen molar-refractivity contribution in [2.45, 2.75) is 33.2 Å². The lowest BCUT2D eigenvalue weighted by molar-refractivity contribution is 0.0378. The minimum atomic E-state index is -0.264. The van der Waals surface area contributed by atoms with E-state index in [9.17, 15) is 4.79 Å². The first-order valence-corrected chi connectivity index (χ1v) is 5.07. The third kappa shape index (κ3) is 2.18. The second-order valence-electron chi connectivity index (χ2n) is 3.93.